The number of unbranched alkanes of at least 4 members (excludes halogenated alkanes) is 1. The third kappa shape index (κ3) is 6.68. The second-order valence-corrected chi connectivity index (χ2v) is 7.17. The van der Waals surface area contributed by atoms with Crippen LogP contribution in [-0.2, 0) is 10.0 Å². The Morgan fingerprint density at radius 2 is 1.94 bits per heavy atom. The van der Waals surface area contributed by atoms with Crippen LogP contribution in [0.5, 0.6) is 0 Å². The smallest absolute Gasteiger partial charge is 0.211 e. The summed E-state index contributed by atoms with van der Waals surface area (Å²) in [6, 6.07) is 0. The maximum atomic E-state index is 11.6. The summed E-state index contributed by atoms with van der Waals surface area (Å²) in [5.41, 5.74) is 5.35. The number of hydrogen-bond acceptors (Lipinski definition) is 4. The van der Waals surface area contributed by atoms with E-state index >= 15 is 0 Å². The van der Waals surface area contributed by atoms with Gasteiger partial charge in [0.25, 0.3) is 0 Å². The maximum absolute atomic E-state index is 11.6. The summed E-state index contributed by atoms with van der Waals surface area (Å²) < 4.78 is 26.0. The van der Waals surface area contributed by atoms with Gasteiger partial charge in [-0.1, -0.05) is 0 Å². The van der Waals surface area contributed by atoms with Crippen LogP contribution in [0.25, 0.3) is 0 Å². The molecule has 0 spiro atoms. The fraction of sp³-hybridized carbons (Fsp3) is 1.00. The van der Waals surface area contributed by atoms with Crippen molar-refractivity contribution in [1.29, 1.82) is 0 Å². The molecule has 0 saturated carbocycles. The van der Waals surface area contributed by atoms with Crippen LogP contribution in [0, 0.1) is 5.92 Å². The summed E-state index contributed by atoms with van der Waals surface area (Å²) >= 11 is 0. The van der Waals surface area contributed by atoms with Gasteiger partial charge in [0.05, 0.1) is 5.75 Å². The standard InChI is InChI=1S/C12H27N3O2S/c1-15-9-5-12(6-10-15)4-8-14-18(16,17)11-3-2-7-13/h12,14H,2-11,13H2,1H3. The van der Waals surface area contributed by atoms with Gasteiger partial charge in [-0.25, -0.2) is 13.1 Å². The Bertz CT molecular complexity index is 311. The molecule has 0 aromatic heterocycles. The lowest BCUT2D eigenvalue weighted by molar-refractivity contribution is 0.213. The van der Waals surface area contributed by atoms with Gasteiger partial charge in [-0.15, -0.1) is 0 Å². The first-order chi connectivity index (χ1) is 8.53. The second kappa shape index (κ2) is 8.09. The molecule has 0 unspecified atom stereocenters. The summed E-state index contributed by atoms with van der Waals surface area (Å²) in [6.07, 6.45) is 4.76. The van der Waals surface area contributed by atoms with E-state index in [-0.39, 0.29) is 5.75 Å². The van der Waals surface area contributed by atoms with E-state index in [2.05, 4.69) is 16.7 Å². The highest BCUT2D eigenvalue weighted by atomic mass is 32.2. The lowest BCUT2D eigenvalue weighted by atomic mass is 9.94. The highest BCUT2D eigenvalue weighted by molar-refractivity contribution is 7.89. The van der Waals surface area contributed by atoms with Gasteiger partial charge in [0.2, 0.25) is 10.0 Å². The van der Waals surface area contributed by atoms with E-state index in [4.69, 9.17) is 5.73 Å². The van der Waals surface area contributed by atoms with Crippen LogP contribution in [0.15, 0.2) is 0 Å². The molecule has 1 fully saturated rings. The summed E-state index contributed by atoms with van der Waals surface area (Å²) in [4.78, 5) is 2.33. The molecule has 0 aromatic carbocycles. The van der Waals surface area contributed by atoms with Crippen molar-refractivity contribution in [3.8, 4) is 0 Å². The maximum Gasteiger partial charge on any atom is 0.211 e. The van der Waals surface area contributed by atoms with Gasteiger partial charge in [0, 0.05) is 6.54 Å². The molecule has 1 saturated heterocycles. The molecule has 108 valence electrons. The van der Waals surface area contributed by atoms with Crippen molar-refractivity contribution in [1.82, 2.24) is 9.62 Å². The molecule has 18 heavy (non-hydrogen) atoms. The van der Waals surface area contributed by atoms with Crippen LogP contribution >= 0.6 is 0 Å². The Labute approximate surface area is 111 Å². The van der Waals surface area contributed by atoms with E-state index in [1.807, 2.05) is 0 Å². The zero-order valence-electron chi connectivity index (χ0n) is 11.4. The Balaban J connectivity index is 2.12. The number of nitrogens with two attached hydrogens (primary N) is 1. The van der Waals surface area contributed by atoms with Gasteiger partial charge < -0.3 is 10.6 Å². The quantitative estimate of drug-likeness (QED) is 0.629. The van der Waals surface area contributed by atoms with Crippen LogP contribution < -0.4 is 10.5 Å². The van der Waals surface area contributed by atoms with Gasteiger partial charge in [0.15, 0.2) is 0 Å². The second-order valence-electron chi connectivity index (χ2n) is 5.24. The fourth-order valence-electron chi connectivity index (χ4n) is 2.28. The van der Waals surface area contributed by atoms with Crippen LogP contribution in [0.4, 0.5) is 0 Å². The molecule has 0 bridgehead atoms. The summed E-state index contributed by atoms with van der Waals surface area (Å²) in [6.45, 7) is 3.41. The van der Waals surface area contributed by atoms with Gasteiger partial charge in [-0.3, -0.25) is 0 Å². The summed E-state index contributed by atoms with van der Waals surface area (Å²) in [5.74, 6) is 0.880. The molecule has 1 rings (SSSR count). The Kier molecular flexibility index (Phi) is 7.14. The number of hydrogen-bond donors (Lipinski definition) is 2. The Morgan fingerprint density at radius 1 is 1.28 bits per heavy atom. The fourth-order valence-corrected chi connectivity index (χ4v) is 3.44. The third-order valence-electron chi connectivity index (χ3n) is 3.58. The number of likely N-dealkylation sites (tertiary alicyclic amines) is 1. The Hall–Kier alpha value is -0.170. The van der Waals surface area contributed by atoms with E-state index < -0.39 is 10.0 Å². The van der Waals surface area contributed by atoms with E-state index in [1.54, 1.807) is 0 Å². The molecule has 0 atom stereocenters. The lowest BCUT2D eigenvalue weighted by Gasteiger charge is -2.28. The molecule has 1 aliphatic heterocycles. The average Bonchev–Trinajstić information content (AvgIpc) is 2.32. The van der Waals surface area contributed by atoms with Crippen molar-refractivity contribution in [3.05, 3.63) is 0 Å². The van der Waals surface area contributed by atoms with Crippen molar-refractivity contribution in [2.75, 3.05) is 39.0 Å². The van der Waals surface area contributed by atoms with Crippen molar-refractivity contribution >= 4 is 10.0 Å². The van der Waals surface area contributed by atoms with Crippen molar-refractivity contribution in [2.24, 2.45) is 11.7 Å². The number of nitrogens with one attached hydrogen (secondary N) is 1. The Morgan fingerprint density at radius 3 is 2.56 bits per heavy atom. The van der Waals surface area contributed by atoms with Crippen LogP contribution in [0.3, 0.4) is 0 Å². The van der Waals surface area contributed by atoms with Crippen LogP contribution in [0.1, 0.15) is 32.1 Å². The van der Waals surface area contributed by atoms with Crippen LogP contribution in [-0.4, -0.2) is 52.3 Å². The molecule has 5 nitrogen and oxygen atoms in total. The SMILES string of the molecule is CN1CCC(CCNS(=O)(=O)CCCCN)CC1. The monoisotopic (exact) mass is 277 g/mol. The number of nitrogens with zero attached hydrogens (tertiary/aromatic N) is 1. The topological polar surface area (TPSA) is 75.4 Å². The molecule has 1 aliphatic rings. The first-order valence-corrected chi connectivity index (χ1v) is 8.54. The first kappa shape index (κ1) is 15.9. The largest absolute Gasteiger partial charge is 0.330 e. The van der Waals surface area contributed by atoms with E-state index in [0.29, 0.717) is 25.4 Å². The number of rotatable bonds is 8. The summed E-state index contributed by atoms with van der Waals surface area (Å²) in [5, 5.41) is 0. The highest BCUT2D eigenvalue weighted by Crippen LogP contribution is 2.18. The van der Waals surface area contributed by atoms with Crippen molar-refractivity contribution < 1.29 is 8.42 Å². The zero-order valence-corrected chi connectivity index (χ0v) is 12.2. The average molecular weight is 277 g/mol. The van der Waals surface area contributed by atoms with Crippen molar-refractivity contribution in [3.63, 3.8) is 0 Å². The van der Waals surface area contributed by atoms with Gasteiger partial charge in [-0.05, 0) is 64.7 Å². The minimum Gasteiger partial charge on any atom is -0.330 e. The van der Waals surface area contributed by atoms with E-state index in [1.165, 1.54) is 12.8 Å². The molecule has 6 heteroatoms. The predicted molar refractivity (Wildman–Crippen MR) is 74.9 cm³/mol. The molecule has 1 heterocycles. The zero-order chi connectivity index (χ0) is 13.4. The van der Waals surface area contributed by atoms with Gasteiger partial charge in [-0.2, -0.15) is 0 Å². The lowest BCUT2D eigenvalue weighted by Crippen LogP contribution is -2.33. The predicted octanol–water partition coefficient (Wildman–Crippen LogP) is 0.377. The van der Waals surface area contributed by atoms with E-state index in [9.17, 15) is 8.42 Å². The van der Waals surface area contributed by atoms with Crippen molar-refractivity contribution in [2.45, 2.75) is 32.1 Å². The molecule has 0 aliphatic carbocycles. The number of sulfonamides is 1. The van der Waals surface area contributed by atoms with Gasteiger partial charge >= 0.3 is 0 Å². The molecule has 0 amide bonds. The normalized spacial score (nSPS) is 19.2. The van der Waals surface area contributed by atoms with Gasteiger partial charge in [0.1, 0.15) is 0 Å². The minimum atomic E-state index is -3.08. The minimum absolute atomic E-state index is 0.206. The molecule has 0 radical (unpaired) electrons. The molecular weight excluding hydrogens is 250 g/mol. The summed E-state index contributed by atoms with van der Waals surface area (Å²) in [7, 11) is -0.946. The first-order valence-electron chi connectivity index (χ1n) is 6.89. The molecule has 3 N–H and O–H groups in total. The highest BCUT2D eigenvalue weighted by Gasteiger charge is 2.17. The molecular formula is C12H27N3O2S. The third-order valence-corrected chi connectivity index (χ3v) is 5.05. The van der Waals surface area contributed by atoms with Crippen LogP contribution in [0.2, 0.25) is 0 Å². The van der Waals surface area contributed by atoms with E-state index in [0.717, 1.165) is 25.9 Å². The number of piperidine rings is 1. The molecule has 0 aromatic rings.